The fourth-order valence-electron chi connectivity index (χ4n) is 2.73. The normalized spacial score (nSPS) is 18.5. The van der Waals surface area contributed by atoms with Gasteiger partial charge in [-0.1, -0.05) is 30.3 Å². The molecule has 0 saturated heterocycles. The first kappa shape index (κ1) is 11.5. The average Bonchev–Trinajstić information content (AvgIpc) is 3.12. The van der Waals surface area contributed by atoms with Crippen LogP contribution in [0.4, 0.5) is 0 Å². The molecule has 0 aliphatic heterocycles. The molecular formula is C16H19NO. The number of hydrogen-bond acceptors (Lipinski definition) is 1. The molecule has 0 spiro atoms. The maximum Gasteiger partial charge on any atom is 0.0770 e. The molecule has 1 unspecified atom stereocenters. The topological polar surface area (TPSA) is 36.0 Å². The SMILES string of the molecule is OC(Cc1ccccc1)(Cc1ccc[nH]1)C1CC1. The number of aromatic nitrogens is 1. The zero-order valence-electron chi connectivity index (χ0n) is 10.5. The van der Waals surface area contributed by atoms with Crippen molar-refractivity contribution in [3.05, 3.63) is 59.9 Å². The molecule has 1 aromatic carbocycles. The van der Waals surface area contributed by atoms with Crippen molar-refractivity contribution in [2.45, 2.75) is 31.3 Å². The predicted molar refractivity (Wildman–Crippen MR) is 72.3 cm³/mol. The lowest BCUT2D eigenvalue weighted by molar-refractivity contribution is 0.0172. The number of aliphatic hydroxyl groups is 1. The molecule has 1 aliphatic rings. The number of nitrogens with one attached hydrogen (secondary N) is 1. The third-order valence-electron chi connectivity index (χ3n) is 3.85. The lowest BCUT2D eigenvalue weighted by Crippen LogP contribution is -2.36. The second-order valence-corrected chi connectivity index (χ2v) is 5.41. The van der Waals surface area contributed by atoms with Gasteiger partial charge in [-0.2, -0.15) is 0 Å². The van der Waals surface area contributed by atoms with Gasteiger partial charge in [0.05, 0.1) is 5.60 Å². The van der Waals surface area contributed by atoms with E-state index in [-0.39, 0.29) is 0 Å². The summed E-state index contributed by atoms with van der Waals surface area (Å²) in [7, 11) is 0. The van der Waals surface area contributed by atoms with Gasteiger partial charge in [0.1, 0.15) is 0 Å². The highest BCUT2D eigenvalue weighted by molar-refractivity contribution is 5.20. The lowest BCUT2D eigenvalue weighted by atomic mass is 9.85. The van der Waals surface area contributed by atoms with Crippen molar-refractivity contribution in [2.75, 3.05) is 0 Å². The van der Waals surface area contributed by atoms with Crippen LogP contribution in [0.5, 0.6) is 0 Å². The Hall–Kier alpha value is -1.54. The quantitative estimate of drug-likeness (QED) is 0.829. The van der Waals surface area contributed by atoms with E-state index in [2.05, 4.69) is 23.2 Å². The fraction of sp³-hybridized carbons (Fsp3) is 0.375. The minimum absolute atomic E-state index is 0.459. The molecule has 0 bridgehead atoms. The molecule has 1 heterocycles. The van der Waals surface area contributed by atoms with E-state index in [1.807, 2.05) is 30.5 Å². The zero-order valence-corrected chi connectivity index (χ0v) is 10.5. The number of hydrogen-bond donors (Lipinski definition) is 2. The van der Waals surface area contributed by atoms with E-state index in [9.17, 15) is 5.11 Å². The van der Waals surface area contributed by atoms with Gasteiger partial charge in [0.15, 0.2) is 0 Å². The Morgan fingerprint density at radius 2 is 1.83 bits per heavy atom. The van der Waals surface area contributed by atoms with Crippen LogP contribution in [0.2, 0.25) is 0 Å². The molecule has 2 aromatic rings. The van der Waals surface area contributed by atoms with Gasteiger partial charge in [0.2, 0.25) is 0 Å². The molecule has 1 saturated carbocycles. The molecule has 2 heteroatoms. The summed E-state index contributed by atoms with van der Waals surface area (Å²) < 4.78 is 0. The Balaban J connectivity index is 1.78. The van der Waals surface area contributed by atoms with Gasteiger partial charge in [-0.25, -0.2) is 0 Å². The van der Waals surface area contributed by atoms with E-state index in [1.165, 1.54) is 5.56 Å². The molecule has 3 rings (SSSR count). The maximum atomic E-state index is 11.0. The van der Waals surface area contributed by atoms with Gasteiger partial charge in [-0.3, -0.25) is 0 Å². The number of H-pyrrole nitrogens is 1. The highest BCUT2D eigenvalue weighted by Crippen LogP contribution is 2.43. The third-order valence-corrected chi connectivity index (χ3v) is 3.85. The van der Waals surface area contributed by atoms with E-state index in [1.54, 1.807) is 0 Å². The second-order valence-electron chi connectivity index (χ2n) is 5.41. The summed E-state index contributed by atoms with van der Waals surface area (Å²) in [6, 6.07) is 14.3. The van der Waals surface area contributed by atoms with Crippen molar-refractivity contribution in [1.82, 2.24) is 4.98 Å². The van der Waals surface area contributed by atoms with Crippen LogP contribution < -0.4 is 0 Å². The van der Waals surface area contributed by atoms with E-state index >= 15 is 0 Å². The number of benzene rings is 1. The van der Waals surface area contributed by atoms with Crippen molar-refractivity contribution >= 4 is 0 Å². The minimum Gasteiger partial charge on any atom is -0.389 e. The van der Waals surface area contributed by atoms with Crippen LogP contribution in [-0.4, -0.2) is 15.7 Å². The standard InChI is InChI=1S/C16H19NO/c18-16(14-8-9-14,12-15-7-4-10-17-15)11-13-5-2-1-3-6-13/h1-7,10,14,17-18H,8-9,11-12H2. The third kappa shape index (κ3) is 2.49. The van der Waals surface area contributed by atoms with Crippen molar-refractivity contribution < 1.29 is 5.11 Å². The van der Waals surface area contributed by atoms with E-state index in [0.717, 1.165) is 31.4 Å². The molecule has 1 fully saturated rings. The summed E-state index contributed by atoms with van der Waals surface area (Å²) in [5.74, 6) is 0.459. The lowest BCUT2D eigenvalue weighted by Gasteiger charge is -2.28. The summed E-state index contributed by atoms with van der Waals surface area (Å²) in [4.78, 5) is 3.20. The predicted octanol–water partition coefficient (Wildman–Crippen LogP) is 2.94. The first-order chi connectivity index (χ1) is 8.76. The monoisotopic (exact) mass is 241 g/mol. The van der Waals surface area contributed by atoms with E-state index in [0.29, 0.717) is 5.92 Å². The van der Waals surface area contributed by atoms with Crippen LogP contribution in [-0.2, 0) is 12.8 Å². The van der Waals surface area contributed by atoms with E-state index < -0.39 is 5.60 Å². The zero-order chi connectivity index (χ0) is 12.4. The average molecular weight is 241 g/mol. The van der Waals surface area contributed by atoms with Gasteiger partial charge in [0.25, 0.3) is 0 Å². The van der Waals surface area contributed by atoms with Gasteiger partial charge in [-0.15, -0.1) is 0 Å². The van der Waals surface area contributed by atoms with Crippen LogP contribution in [0.15, 0.2) is 48.7 Å². The minimum atomic E-state index is -0.591. The molecule has 1 atom stereocenters. The molecule has 94 valence electrons. The summed E-state index contributed by atoms with van der Waals surface area (Å²) in [5.41, 5.74) is 1.76. The van der Waals surface area contributed by atoms with Gasteiger partial charge < -0.3 is 10.1 Å². The number of rotatable bonds is 5. The van der Waals surface area contributed by atoms with Crippen LogP contribution >= 0.6 is 0 Å². The van der Waals surface area contributed by atoms with Crippen LogP contribution in [0.1, 0.15) is 24.1 Å². The highest BCUT2D eigenvalue weighted by Gasteiger charge is 2.43. The van der Waals surface area contributed by atoms with Gasteiger partial charge in [0, 0.05) is 24.7 Å². The molecule has 18 heavy (non-hydrogen) atoms. The van der Waals surface area contributed by atoms with Crippen LogP contribution in [0.25, 0.3) is 0 Å². The van der Waals surface area contributed by atoms with Crippen molar-refractivity contribution in [2.24, 2.45) is 5.92 Å². The molecule has 0 amide bonds. The first-order valence-corrected chi connectivity index (χ1v) is 6.65. The van der Waals surface area contributed by atoms with E-state index in [4.69, 9.17) is 0 Å². The van der Waals surface area contributed by atoms with Crippen LogP contribution in [0.3, 0.4) is 0 Å². The van der Waals surface area contributed by atoms with Crippen molar-refractivity contribution in [1.29, 1.82) is 0 Å². The molecule has 1 aliphatic carbocycles. The largest absolute Gasteiger partial charge is 0.389 e. The molecule has 2 N–H and O–H groups in total. The number of aromatic amines is 1. The van der Waals surface area contributed by atoms with Crippen LogP contribution in [0, 0.1) is 5.92 Å². The summed E-state index contributed by atoms with van der Waals surface area (Å²) in [6.07, 6.45) is 5.70. The van der Waals surface area contributed by atoms with Crippen molar-refractivity contribution in [3.8, 4) is 0 Å². The Morgan fingerprint density at radius 3 is 2.44 bits per heavy atom. The Kier molecular flexibility index (Phi) is 2.96. The molecular weight excluding hydrogens is 222 g/mol. The summed E-state index contributed by atoms with van der Waals surface area (Å²) >= 11 is 0. The Morgan fingerprint density at radius 1 is 1.06 bits per heavy atom. The smallest absolute Gasteiger partial charge is 0.0770 e. The maximum absolute atomic E-state index is 11.0. The van der Waals surface area contributed by atoms with Crippen molar-refractivity contribution in [3.63, 3.8) is 0 Å². The fourth-order valence-corrected chi connectivity index (χ4v) is 2.73. The highest BCUT2D eigenvalue weighted by atomic mass is 16.3. The van der Waals surface area contributed by atoms with Gasteiger partial charge >= 0.3 is 0 Å². The molecule has 2 nitrogen and oxygen atoms in total. The first-order valence-electron chi connectivity index (χ1n) is 6.65. The Labute approximate surface area is 108 Å². The van der Waals surface area contributed by atoms with Gasteiger partial charge in [-0.05, 0) is 36.5 Å². The second kappa shape index (κ2) is 4.62. The summed E-state index contributed by atoms with van der Waals surface area (Å²) in [6.45, 7) is 0. The Bertz CT molecular complexity index is 487. The molecule has 0 radical (unpaired) electrons. The molecule has 1 aromatic heterocycles. The summed E-state index contributed by atoms with van der Waals surface area (Å²) in [5, 5.41) is 11.0.